The summed E-state index contributed by atoms with van der Waals surface area (Å²) in [6.45, 7) is 8.32. The molecule has 1 aliphatic rings. The van der Waals surface area contributed by atoms with E-state index in [9.17, 15) is 4.79 Å². The maximum atomic E-state index is 13.0. The summed E-state index contributed by atoms with van der Waals surface area (Å²) in [5.74, 6) is 0.902. The molecule has 6 nitrogen and oxygen atoms in total. The van der Waals surface area contributed by atoms with Gasteiger partial charge in [0, 0.05) is 43.5 Å². The lowest BCUT2D eigenvalue weighted by atomic mass is 10.1. The summed E-state index contributed by atoms with van der Waals surface area (Å²) in [5.41, 5.74) is 3.98. The molecule has 4 rings (SSSR count). The molecule has 6 heteroatoms. The number of benzene rings is 2. The summed E-state index contributed by atoms with van der Waals surface area (Å²) in [4.78, 5) is 21.9. The number of likely N-dealkylation sites (N-methyl/N-ethyl adjacent to an activating group) is 1. The van der Waals surface area contributed by atoms with Crippen LogP contribution in [0.15, 0.2) is 42.5 Å². The second kappa shape index (κ2) is 7.92. The van der Waals surface area contributed by atoms with E-state index in [1.54, 1.807) is 12.1 Å². The first-order valence-corrected chi connectivity index (χ1v) is 10.4. The Hall–Kier alpha value is -3.17. The van der Waals surface area contributed by atoms with Gasteiger partial charge >= 0.3 is 0 Å². The molecule has 0 spiro atoms. The molecular weight excluding hydrogens is 374 g/mol. The van der Waals surface area contributed by atoms with Gasteiger partial charge in [-0.25, -0.2) is 4.98 Å². The van der Waals surface area contributed by atoms with Gasteiger partial charge in [-0.3, -0.25) is 14.3 Å². The number of likely N-dealkylation sites (tertiary alicyclic amines) is 1. The molecule has 0 radical (unpaired) electrons. The molecule has 2 heterocycles. The van der Waals surface area contributed by atoms with Crippen LogP contribution in [0.1, 0.15) is 42.0 Å². The minimum Gasteiger partial charge on any atom is -0.337 e. The van der Waals surface area contributed by atoms with Crippen LogP contribution in [0.3, 0.4) is 0 Å². The van der Waals surface area contributed by atoms with Crippen LogP contribution in [-0.2, 0) is 0 Å². The summed E-state index contributed by atoms with van der Waals surface area (Å²) in [6, 6.07) is 16.1. The van der Waals surface area contributed by atoms with Gasteiger partial charge < -0.3 is 4.90 Å². The van der Waals surface area contributed by atoms with Crippen LogP contribution in [0.2, 0.25) is 0 Å². The second-order valence-corrected chi connectivity index (χ2v) is 8.30. The number of carbonyl (C=O) groups is 1. The van der Waals surface area contributed by atoms with Crippen LogP contribution in [0.4, 0.5) is 0 Å². The van der Waals surface area contributed by atoms with E-state index < -0.39 is 0 Å². The zero-order chi connectivity index (χ0) is 21.4. The highest BCUT2D eigenvalue weighted by molar-refractivity contribution is 5.94. The van der Waals surface area contributed by atoms with Crippen LogP contribution in [0.5, 0.6) is 0 Å². The third-order valence-electron chi connectivity index (χ3n) is 6.12. The molecule has 1 aromatic heterocycles. The number of nitrogens with zero attached hydrogens (tertiary/aromatic N) is 5. The van der Waals surface area contributed by atoms with E-state index in [-0.39, 0.29) is 11.9 Å². The van der Waals surface area contributed by atoms with Gasteiger partial charge in [0.15, 0.2) is 0 Å². The fourth-order valence-electron chi connectivity index (χ4n) is 4.27. The zero-order valence-electron chi connectivity index (χ0n) is 18.0. The quantitative estimate of drug-likeness (QED) is 0.668. The fraction of sp³-hybridized carbons (Fsp3) is 0.375. The predicted molar refractivity (Wildman–Crippen MR) is 118 cm³/mol. The normalized spacial score (nSPS) is 16.9. The number of aromatic nitrogens is 2. The van der Waals surface area contributed by atoms with Gasteiger partial charge in [-0.15, -0.1) is 0 Å². The lowest BCUT2D eigenvalue weighted by molar-refractivity contribution is 0.0732. The smallest absolute Gasteiger partial charge is 0.253 e. The minimum absolute atomic E-state index is 0.0584. The van der Waals surface area contributed by atoms with Crippen LogP contribution in [0.25, 0.3) is 16.7 Å². The summed E-state index contributed by atoms with van der Waals surface area (Å²) >= 11 is 0. The van der Waals surface area contributed by atoms with Gasteiger partial charge in [-0.2, -0.15) is 5.26 Å². The van der Waals surface area contributed by atoms with Crippen molar-refractivity contribution in [3.8, 4) is 11.8 Å². The molecule has 1 fully saturated rings. The van der Waals surface area contributed by atoms with Crippen molar-refractivity contribution in [2.24, 2.45) is 0 Å². The van der Waals surface area contributed by atoms with Crippen molar-refractivity contribution >= 4 is 16.9 Å². The van der Waals surface area contributed by atoms with Crippen LogP contribution in [0, 0.1) is 18.3 Å². The molecule has 0 unspecified atom stereocenters. The molecule has 1 aliphatic heterocycles. The molecule has 1 saturated heterocycles. The highest BCUT2D eigenvalue weighted by Gasteiger charge is 2.29. The molecule has 0 aliphatic carbocycles. The number of amides is 1. The Kier molecular flexibility index (Phi) is 5.31. The summed E-state index contributed by atoms with van der Waals surface area (Å²) in [7, 11) is 1.91. The highest BCUT2D eigenvalue weighted by atomic mass is 16.2. The number of aryl methyl sites for hydroxylation is 1. The molecule has 154 valence electrons. The monoisotopic (exact) mass is 401 g/mol. The van der Waals surface area contributed by atoms with E-state index in [2.05, 4.69) is 29.8 Å². The number of hydrogen-bond acceptors (Lipinski definition) is 4. The van der Waals surface area contributed by atoms with Crippen LogP contribution >= 0.6 is 0 Å². The molecular formula is C24H27N5O. The number of fused-ring (bicyclic) bond motifs is 1. The van der Waals surface area contributed by atoms with Gasteiger partial charge in [0.1, 0.15) is 5.82 Å². The first-order valence-electron chi connectivity index (χ1n) is 10.4. The highest BCUT2D eigenvalue weighted by Crippen LogP contribution is 2.24. The molecule has 1 amide bonds. The van der Waals surface area contributed by atoms with Crippen molar-refractivity contribution in [3.05, 3.63) is 59.4 Å². The van der Waals surface area contributed by atoms with Crippen molar-refractivity contribution in [1.82, 2.24) is 19.4 Å². The van der Waals surface area contributed by atoms with Gasteiger partial charge in [-0.05, 0) is 69.7 Å². The Bertz CT molecular complexity index is 1120. The van der Waals surface area contributed by atoms with E-state index in [4.69, 9.17) is 5.26 Å². The molecule has 30 heavy (non-hydrogen) atoms. The maximum absolute atomic E-state index is 13.0. The molecule has 2 aromatic carbocycles. The number of nitriles is 1. The second-order valence-electron chi connectivity index (χ2n) is 8.30. The lowest BCUT2D eigenvalue weighted by Gasteiger charge is -2.26. The Labute approximate surface area is 177 Å². The number of imidazole rings is 1. The van der Waals surface area contributed by atoms with Gasteiger partial charge in [0.2, 0.25) is 0 Å². The molecule has 3 aromatic rings. The Morgan fingerprint density at radius 1 is 1.23 bits per heavy atom. The van der Waals surface area contributed by atoms with Crippen molar-refractivity contribution < 1.29 is 4.79 Å². The fourth-order valence-corrected chi connectivity index (χ4v) is 4.27. The van der Waals surface area contributed by atoms with Gasteiger partial charge in [0.05, 0.1) is 22.7 Å². The number of rotatable bonds is 4. The molecule has 1 atom stereocenters. The summed E-state index contributed by atoms with van der Waals surface area (Å²) < 4.78 is 2.05. The maximum Gasteiger partial charge on any atom is 0.253 e. The Balaban J connectivity index is 1.56. The van der Waals surface area contributed by atoms with Crippen LogP contribution in [-0.4, -0.2) is 57.5 Å². The third kappa shape index (κ3) is 3.57. The van der Waals surface area contributed by atoms with E-state index >= 15 is 0 Å². The van der Waals surface area contributed by atoms with E-state index in [0.717, 1.165) is 42.1 Å². The van der Waals surface area contributed by atoms with Crippen molar-refractivity contribution in [3.63, 3.8) is 0 Å². The van der Waals surface area contributed by atoms with E-state index in [0.29, 0.717) is 17.2 Å². The lowest BCUT2D eigenvalue weighted by Crippen LogP contribution is -2.40. The van der Waals surface area contributed by atoms with Crippen LogP contribution < -0.4 is 0 Å². The molecule has 0 N–H and O–H groups in total. The SMILES string of the molecule is Cc1nc2cc(C#N)ccc2n1-c1ccc(C(=O)N(C)[C@@H]2CCN(C(C)C)C2)cc1. The predicted octanol–water partition coefficient (Wildman–Crippen LogP) is 3.76. The Morgan fingerprint density at radius 3 is 2.60 bits per heavy atom. The first-order chi connectivity index (χ1) is 14.4. The van der Waals surface area contributed by atoms with E-state index in [1.165, 1.54) is 0 Å². The van der Waals surface area contributed by atoms with Gasteiger partial charge in [-0.1, -0.05) is 0 Å². The van der Waals surface area contributed by atoms with Gasteiger partial charge in [0.25, 0.3) is 5.91 Å². The standard InChI is InChI=1S/C24H27N5O/c1-16(2)28-12-11-21(15-28)27(4)24(30)19-6-8-20(9-7-19)29-17(3)26-22-13-18(14-25)5-10-23(22)29/h5-10,13,16,21H,11-12,15H2,1-4H3/t21-/m1/s1. The molecule has 0 bridgehead atoms. The van der Waals surface area contributed by atoms with Crippen molar-refractivity contribution in [1.29, 1.82) is 5.26 Å². The summed E-state index contributed by atoms with van der Waals surface area (Å²) in [5, 5.41) is 9.11. The first kappa shape index (κ1) is 20.1. The summed E-state index contributed by atoms with van der Waals surface area (Å²) in [6.07, 6.45) is 1.02. The number of hydrogen-bond donors (Lipinski definition) is 0. The molecule has 0 saturated carbocycles. The van der Waals surface area contributed by atoms with E-state index in [1.807, 2.05) is 53.8 Å². The Morgan fingerprint density at radius 2 is 1.97 bits per heavy atom. The van der Waals surface area contributed by atoms with Crippen molar-refractivity contribution in [2.45, 2.75) is 39.3 Å². The topological polar surface area (TPSA) is 65.2 Å². The van der Waals surface area contributed by atoms with Crippen molar-refractivity contribution in [2.75, 3.05) is 20.1 Å². The largest absolute Gasteiger partial charge is 0.337 e. The minimum atomic E-state index is 0.0584. The number of carbonyl (C=O) groups excluding carboxylic acids is 1. The zero-order valence-corrected chi connectivity index (χ0v) is 18.0. The average Bonchev–Trinajstić information content (AvgIpc) is 3.36. The third-order valence-corrected chi connectivity index (χ3v) is 6.12. The average molecular weight is 402 g/mol.